The Bertz CT molecular complexity index is 1240. The van der Waals surface area contributed by atoms with Gasteiger partial charge in [-0.3, -0.25) is 9.10 Å². The minimum atomic E-state index is -4.07. The molecule has 3 rings (SSSR count). The number of halogens is 1. The van der Waals surface area contributed by atoms with Gasteiger partial charge in [0.25, 0.3) is 10.0 Å². The van der Waals surface area contributed by atoms with Gasteiger partial charge >= 0.3 is 0 Å². The molecule has 10 heteroatoms. The molecule has 7 nitrogen and oxygen atoms in total. The molecule has 0 aliphatic rings. The van der Waals surface area contributed by atoms with Gasteiger partial charge in [-0.25, -0.2) is 12.8 Å². The summed E-state index contributed by atoms with van der Waals surface area (Å²) in [6.07, 6.45) is 0.706. The van der Waals surface area contributed by atoms with E-state index in [2.05, 4.69) is 5.32 Å². The number of methoxy groups -OCH3 is 2. The van der Waals surface area contributed by atoms with Gasteiger partial charge in [0.15, 0.2) is 0 Å². The van der Waals surface area contributed by atoms with E-state index < -0.39 is 22.5 Å². The van der Waals surface area contributed by atoms with Gasteiger partial charge < -0.3 is 14.8 Å². The van der Waals surface area contributed by atoms with Crippen molar-refractivity contribution in [3.8, 4) is 11.5 Å². The molecule has 1 amide bonds. The molecule has 0 radical (unpaired) electrons. The maximum atomic E-state index is 13.5. The quantitative estimate of drug-likeness (QED) is 0.327. The first-order valence-corrected chi connectivity index (χ1v) is 13.8. The molecular formula is C26H29FN2O5S2. The normalized spacial score (nSPS) is 11.1. The van der Waals surface area contributed by atoms with Crippen molar-refractivity contribution in [3.63, 3.8) is 0 Å². The first kappa shape index (κ1) is 27.3. The molecule has 36 heavy (non-hydrogen) atoms. The highest BCUT2D eigenvalue weighted by Crippen LogP contribution is 2.32. The molecule has 0 spiro atoms. The number of hydrogen-bond donors (Lipinski definition) is 1. The van der Waals surface area contributed by atoms with Gasteiger partial charge in [0.2, 0.25) is 5.91 Å². The van der Waals surface area contributed by atoms with Gasteiger partial charge in [0.05, 0.1) is 24.8 Å². The summed E-state index contributed by atoms with van der Waals surface area (Å²) in [7, 11) is -1.13. The first-order valence-electron chi connectivity index (χ1n) is 11.2. The van der Waals surface area contributed by atoms with Gasteiger partial charge in [-0.15, -0.1) is 0 Å². The average Bonchev–Trinajstić information content (AvgIpc) is 2.90. The van der Waals surface area contributed by atoms with Crippen molar-refractivity contribution >= 4 is 33.4 Å². The lowest BCUT2D eigenvalue weighted by atomic mass is 10.2. The molecule has 0 saturated heterocycles. The molecule has 3 aromatic carbocycles. The number of ether oxygens (including phenoxy) is 2. The second kappa shape index (κ2) is 13.2. The average molecular weight is 533 g/mol. The predicted octanol–water partition coefficient (Wildman–Crippen LogP) is 4.48. The summed E-state index contributed by atoms with van der Waals surface area (Å²) in [5.74, 6) is 1.70. The molecule has 0 saturated carbocycles. The van der Waals surface area contributed by atoms with Gasteiger partial charge in [-0.2, -0.15) is 11.8 Å². The molecule has 0 aliphatic heterocycles. The van der Waals surface area contributed by atoms with Crippen LogP contribution in [0.4, 0.5) is 10.1 Å². The van der Waals surface area contributed by atoms with Crippen molar-refractivity contribution < 1.29 is 27.1 Å². The van der Waals surface area contributed by atoms with Gasteiger partial charge in [-0.05, 0) is 66.3 Å². The topological polar surface area (TPSA) is 84.9 Å². The number of anilines is 1. The lowest BCUT2D eigenvalue weighted by molar-refractivity contribution is -0.119. The van der Waals surface area contributed by atoms with Crippen LogP contribution in [0.25, 0.3) is 0 Å². The molecular weight excluding hydrogens is 503 g/mol. The van der Waals surface area contributed by atoms with Crippen LogP contribution in [-0.4, -0.2) is 47.4 Å². The highest BCUT2D eigenvalue weighted by Gasteiger charge is 2.29. The summed E-state index contributed by atoms with van der Waals surface area (Å²) in [4.78, 5) is 12.8. The summed E-state index contributed by atoms with van der Waals surface area (Å²) in [6, 6.07) is 19.0. The number of sulfonamides is 1. The second-order valence-electron chi connectivity index (χ2n) is 7.74. The third-order valence-corrected chi connectivity index (χ3v) is 8.15. The number of thioether (sulfide) groups is 1. The summed E-state index contributed by atoms with van der Waals surface area (Å²) in [5, 5.41) is 2.80. The Morgan fingerprint density at radius 3 is 2.33 bits per heavy atom. The van der Waals surface area contributed by atoms with E-state index in [1.807, 2.05) is 0 Å². The van der Waals surface area contributed by atoms with E-state index in [1.54, 1.807) is 60.3 Å². The number of rotatable bonds is 13. The number of carbonyl (C=O) groups excluding carboxylic acids is 1. The Labute approximate surface area is 215 Å². The number of carbonyl (C=O) groups is 1. The lowest BCUT2D eigenvalue weighted by Crippen LogP contribution is -2.41. The van der Waals surface area contributed by atoms with Crippen LogP contribution in [0, 0.1) is 5.82 Å². The number of benzene rings is 3. The standard InChI is InChI=1S/C26H29FN2O5S2/c1-33-22-12-14-23(15-13-22)36(31,32)29(24-6-3-4-7-25(24)34-2)18-26(30)28-16-5-17-35-19-20-8-10-21(27)11-9-20/h3-4,6-15H,5,16-19H2,1-2H3,(H,28,30). The fraction of sp³-hybridized carbons (Fsp3) is 0.269. The van der Waals surface area contributed by atoms with Crippen molar-refractivity contribution in [2.24, 2.45) is 0 Å². The zero-order valence-corrected chi connectivity index (χ0v) is 21.8. The van der Waals surface area contributed by atoms with Crippen LogP contribution in [0.5, 0.6) is 11.5 Å². The van der Waals surface area contributed by atoms with Crippen LogP contribution in [0.2, 0.25) is 0 Å². The number of nitrogens with zero attached hydrogens (tertiary/aromatic N) is 1. The summed E-state index contributed by atoms with van der Waals surface area (Å²) < 4.78 is 51.6. The molecule has 0 unspecified atom stereocenters. The van der Waals surface area contributed by atoms with Crippen molar-refractivity contribution in [1.82, 2.24) is 5.32 Å². The SMILES string of the molecule is COc1ccc(S(=O)(=O)N(CC(=O)NCCCSCc2ccc(F)cc2)c2ccccc2OC)cc1. The maximum absolute atomic E-state index is 13.5. The van der Waals surface area contributed by atoms with Crippen LogP contribution in [0.1, 0.15) is 12.0 Å². The first-order chi connectivity index (χ1) is 17.3. The van der Waals surface area contributed by atoms with Gasteiger partial charge in [-0.1, -0.05) is 24.3 Å². The Hall–Kier alpha value is -3.24. The largest absolute Gasteiger partial charge is 0.497 e. The van der Waals surface area contributed by atoms with Crippen LogP contribution in [0.3, 0.4) is 0 Å². The van der Waals surface area contributed by atoms with Crippen LogP contribution in [0.15, 0.2) is 77.7 Å². The molecule has 0 atom stereocenters. The molecule has 192 valence electrons. The number of amides is 1. The molecule has 0 aromatic heterocycles. The minimum absolute atomic E-state index is 0.0270. The zero-order valence-electron chi connectivity index (χ0n) is 20.1. The zero-order chi connectivity index (χ0) is 26.0. The lowest BCUT2D eigenvalue weighted by Gasteiger charge is -2.25. The number of para-hydroxylation sites is 2. The molecule has 0 aliphatic carbocycles. The Balaban J connectivity index is 1.63. The van der Waals surface area contributed by atoms with Crippen LogP contribution in [-0.2, 0) is 20.6 Å². The van der Waals surface area contributed by atoms with Crippen LogP contribution < -0.4 is 19.1 Å². The van der Waals surface area contributed by atoms with Crippen LogP contribution >= 0.6 is 11.8 Å². The van der Waals surface area contributed by atoms with E-state index in [1.165, 1.54) is 38.5 Å². The van der Waals surface area contributed by atoms with E-state index in [-0.39, 0.29) is 16.4 Å². The fourth-order valence-corrected chi connectivity index (χ4v) is 5.72. The molecule has 3 aromatic rings. The highest BCUT2D eigenvalue weighted by atomic mass is 32.2. The van der Waals surface area contributed by atoms with E-state index in [0.29, 0.717) is 24.5 Å². The highest BCUT2D eigenvalue weighted by molar-refractivity contribution is 7.98. The third kappa shape index (κ3) is 7.38. The van der Waals surface area contributed by atoms with Crippen molar-refractivity contribution in [2.75, 3.05) is 37.4 Å². The third-order valence-electron chi connectivity index (χ3n) is 5.26. The summed E-state index contributed by atoms with van der Waals surface area (Å²) in [6.45, 7) is -0.00490. The molecule has 1 N–H and O–H groups in total. The van der Waals surface area contributed by atoms with Crippen molar-refractivity contribution in [3.05, 3.63) is 84.2 Å². The monoisotopic (exact) mass is 532 g/mol. The van der Waals surface area contributed by atoms with E-state index >= 15 is 0 Å². The van der Waals surface area contributed by atoms with Crippen molar-refractivity contribution in [2.45, 2.75) is 17.1 Å². The smallest absolute Gasteiger partial charge is 0.264 e. The fourth-order valence-electron chi connectivity index (χ4n) is 3.37. The number of nitrogens with one attached hydrogen (secondary N) is 1. The molecule has 0 bridgehead atoms. The predicted molar refractivity (Wildman–Crippen MR) is 141 cm³/mol. The summed E-state index contributed by atoms with van der Waals surface area (Å²) >= 11 is 1.68. The van der Waals surface area contributed by atoms with E-state index in [4.69, 9.17) is 9.47 Å². The van der Waals surface area contributed by atoms with Crippen molar-refractivity contribution in [1.29, 1.82) is 0 Å². The Morgan fingerprint density at radius 2 is 1.67 bits per heavy atom. The maximum Gasteiger partial charge on any atom is 0.264 e. The minimum Gasteiger partial charge on any atom is -0.497 e. The number of hydrogen-bond acceptors (Lipinski definition) is 6. The van der Waals surface area contributed by atoms with E-state index in [0.717, 1.165) is 21.4 Å². The second-order valence-corrected chi connectivity index (χ2v) is 10.7. The van der Waals surface area contributed by atoms with Gasteiger partial charge in [0.1, 0.15) is 23.9 Å². The van der Waals surface area contributed by atoms with Gasteiger partial charge in [0, 0.05) is 12.3 Å². The molecule has 0 heterocycles. The summed E-state index contributed by atoms with van der Waals surface area (Å²) in [5.41, 5.74) is 1.29. The van der Waals surface area contributed by atoms with E-state index in [9.17, 15) is 17.6 Å². The molecule has 0 fully saturated rings. The Morgan fingerprint density at radius 1 is 0.972 bits per heavy atom. The Kier molecular flexibility index (Phi) is 10.0.